The molecule has 0 heterocycles. The third-order valence-electron chi connectivity index (χ3n) is 2.95. The molecule has 0 unspecified atom stereocenters. The first-order chi connectivity index (χ1) is 7.95. The zero-order valence-corrected chi connectivity index (χ0v) is 11.6. The van der Waals surface area contributed by atoms with Crippen LogP contribution in [0, 0.1) is 11.8 Å². The highest BCUT2D eigenvalue weighted by atomic mass is 19.5. The second-order valence-corrected chi connectivity index (χ2v) is 4.45. The number of fused-ring (bicyclic) bond motifs is 3. The number of hydrogen-bond donors (Lipinski definition) is 2. The van der Waals surface area contributed by atoms with E-state index in [-0.39, 0.29) is 12.3 Å². The van der Waals surface area contributed by atoms with Crippen molar-refractivity contribution in [3.63, 3.8) is 0 Å². The van der Waals surface area contributed by atoms with Crippen LogP contribution in [0.1, 0.15) is 38.5 Å². The van der Waals surface area contributed by atoms with Gasteiger partial charge in [0.1, 0.15) is 0 Å². The van der Waals surface area contributed by atoms with Crippen LogP contribution in [0.3, 0.4) is 0 Å². The predicted octanol–water partition coefficient (Wildman–Crippen LogP) is 5.94. The molecule has 3 fully saturated rings. The number of quaternary nitrogens is 2. The molecule has 0 saturated heterocycles. The van der Waals surface area contributed by atoms with E-state index >= 15 is 0 Å². The summed E-state index contributed by atoms with van der Waals surface area (Å²) in [5, 5.41) is 0. The highest BCUT2D eigenvalue weighted by Gasteiger charge is 2.26. The fourth-order valence-electron chi connectivity index (χ4n) is 2.28. The molecule has 20 heavy (non-hydrogen) atoms. The Hall–Kier alpha value is -0.510. The summed E-state index contributed by atoms with van der Waals surface area (Å²) < 4.78 is 78.0. The molecule has 8 N–H and O–H groups in total. The van der Waals surface area contributed by atoms with E-state index in [0.717, 1.165) is 11.8 Å². The van der Waals surface area contributed by atoms with Crippen LogP contribution in [-0.4, -0.2) is 14.5 Å². The average Bonchev–Trinajstić information content (AvgIpc) is 2.15. The second kappa shape index (κ2) is 10.3. The van der Waals surface area contributed by atoms with Gasteiger partial charge in [0, 0.05) is 0 Å². The Morgan fingerprint density at radius 2 is 0.550 bits per heavy atom. The summed E-state index contributed by atoms with van der Waals surface area (Å²) >= 11 is 0. The third kappa shape index (κ3) is 22.7. The minimum atomic E-state index is -6.00. The molecule has 0 aliphatic heterocycles. The highest BCUT2D eigenvalue weighted by molar-refractivity contribution is 6.50. The maximum Gasteiger partial charge on any atom is 0.673 e. The van der Waals surface area contributed by atoms with Gasteiger partial charge >= 0.3 is 14.5 Å². The molecule has 3 aliphatic rings. The summed E-state index contributed by atoms with van der Waals surface area (Å²) in [6.07, 6.45) is 9.36. The van der Waals surface area contributed by atoms with Crippen LogP contribution < -0.4 is 12.3 Å². The van der Waals surface area contributed by atoms with Gasteiger partial charge in [0.2, 0.25) is 0 Å². The molecule has 0 spiro atoms. The Bertz CT molecular complexity index is 180. The monoisotopic (exact) mass is 320 g/mol. The molecule has 0 aromatic heterocycles. The van der Waals surface area contributed by atoms with E-state index < -0.39 is 14.5 Å². The van der Waals surface area contributed by atoms with Crippen molar-refractivity contribution in [3.05, 3.63) is 0 Å². The highest BCUT2D eigenvalue weighted by Crippen LogP contribution is 2.40. The lowest BCUT2D eigenvalue weighted by Crippen LogP contribution is -2.21. The SMILES string of the molecule is C1CC2CCC1CC2.F[B-](F)(F)F.F[B-](F)(F)F.[NH4+].[NH4+]. The van der Waals surface area contributed by atoms with E-state index in [4.69, 9.17) is 0 Å². The molecule has 0 atom stereocenters. The summed E-state index contributed by atoms with van der Waals surface area (Å²) in [6, 6.07) is 0. The molecule has 2 nitrogen and oxygen atoms in total. The standard InChI is InChI=1S/C8H14.2BF4.2H3N/c1-2-8-5-3-7(1)4-6-8;2*2-1(3,4)5;;/h7-8H,1-6H2;;;2*1H3/q;2*-1;;/p+2. The zero-order valence-electron chi connectivity index (χ0n) is 11.6. The molecule has 3 saturated carbocycles. The molecule has 0 radical (unpaired) electrons. The first-order valence-electron chi connectivity index (χ1n) is 5.70. The van der Waals surface area contributed by atoms with E-state index in [0.29, 0.717) is 0 Å². The molecular formula is C8H22B2F8N2. The van der Waals surface area contributed by atoms with Gasteiger partial charge in [-0.3, -0.25) is 0 Å². The lowest BCUT2D eigenvalue weighted by atomic mass is 9.71. The van der Waals surface area contributed by atoms with E-state index in [1.54, 1.807) is 38.5 Å². The normalized spacial score (nSPS) is 24.0. The van der Waals surface area contributed by atoms with Gasteiger partial charge in [0.15, 0.2) is 0 Å². The van der Waals surface area contributed by atoms with Gasteiger partial charge in [-0.25, -0.2) is 0 Å². The van der Waals surface area contributed by atoms with Crippen LogP contribution >= 0.6 is 0 Å². The van der Waals surface area contributed by atoms with Crippen molar-refractivity contribution in [2.45, 2.75) is 38.5 Å². The van der Waals surface area contributed by atoms with Gasteiger partial charge in [-0.05, 0) is 11.8 Å². The Kier molecular flexibility index (Phi) is 12.6. The minimum absolute atomic E-state index is 0. The molecule has 126 valence electrons. The summed E-state index contributed by atoms with van der Waals surface area (Å²) in [7, 11) is -12.0. The van der Waals surface area contributed by atoms with Crippen molar-refractivity contribution in [1.82, 2.24) is 12.3 Å². The van der Waals surface area contributed by atoms with Crippen LogP contribution in [0.4, 0.5) is 34.5 Å². The van der Waals surface area contributed by atoms with Crippen molar-refractivity contribution < 1.29 is 34.5 Å². The van der Waals surface area contributed by atoms with Crippen LogP contribution in [0.15, 0.2) is 0 Å². The van der Waals surface area contributed by atoms with Crippen LogP contribution in [-0.2, 0) is 0 Å². The van der Waals surface area contributed by atoms with Gasteiger partial charge in [-0.2, -0.15) is 0 Å². The Morgan fingerprint density at radius 3 is 0.600 bits per heavy atom. The summed E-state index contributed by atoms with van der Waals surface area (Å²) in [5.41, 5.74) is 0. The first kappa shape index (κ1) is 24.5. The van der Waals surface area contributed by atoms with Crippen molar-refractivity contribution in [2.75, 3.05) is 0 Å². The van der Waals surface area contributed by atoms with E-state index in [9.17, 15) is 34.5 Å². The van der Waals surface area contributed by atoms with Crippen molar-refractivity contribution >= 4 is 14.5 Å². The molecule has 3 aliphatic carbocycles. The minimum Gasteiger partial charge on any atom is -0.418 e. The predicted molar refractivity (Wildman–Crippen MR) is 67.0 cm³/mol. The maximum atomic E-state index is 9.75. The quantitative estimate of drug-likeness (QED) is 0.409. The average molecular weight is 320 g/mol. The van der Waals surface area contributed by atoms with Crippen LogP contribution in [0.2, 0.25) is 0 Å². The summed E-state index contributed by atoms with van der Waals surface area (Å²) in [6.45, 7) is 0. The number of rotatable bonds is 0. The topological polar surface area (TPSA) is 73.0 Å². The number of hydrogen-bond acceptors (Lipinski definition) is 0. The largest absolute Gasteiger partial charge is 0.673 e. The van der Waals surface area contributed by atoms with Gasteiger partial charge in [-0.15, -0.1) is 0 Å². The molecule has 0 amide bonds. The van der Waals surface area contributed by atoms with Crippen molar-refractivity contribution in [2.24, 2.45) is 11.8 Å². The van der Waals surface area contributed by atoms with E-state index in [1.807, 2.05) is 0 Å². The molecule has 0 aromatic rings. The van der Waals surface area contributed by atoms with Gasteiger partial charge in [-0.1, -0.05) is 38.5 Å². The molecule has 12 heteroatoms. The first-order valence-corrected chi connectivity index (χ1v) is 5.70. The van der Waals surface area contributed by atoms with Gasteiger partial charge < -0.3 is 46.8 Å². The number of halogens is 8. The van der Waals surface area contributed by atoms with Crippen LogP contribution in [0.25, 0.3) is 0 Å². The lowest BCUT2D eigenvalue weighted by molar-refractivity contribution is 0.176. The molecule has 2 bridgehead atoms. The molecule has 3 rings (SSSR count). The zero-order chi connectivity index (χ0) is 14.4. The maximum absolute atomic E-state index is 9.75. The van der Waals surface area contributed by atoms with E-state index in [2.05, 4.69) is 0 Å². The Morgan fingerprint density at radius 1 is 0.450 bits per heavy atom. The Labute approximate surface area is 113 Å². The second-order valence-electron chi connectivity index (χ2n) is 4.45. The Balaban J connectivity index is -0.000000218. The summed E-state index contributed by atoms with van der Waals surface area (Å²) in [4.78, 5) is 0. The molecule has 0 aromatic carbocycles. The fourth-order valence-corrected chi connectivity index (χ4v) is 2.28. The molecular weight excluding hydrogens is 298 g/mol. The lowest BCUT2D eigenvalue weighted by Gasteiger charge is -2.35. The summed E-state index contributed by atoms with van der Waals surface area (Å²) in [5.74, 6) is 2.31. The van der Waals surface area contributed by atoms with E-state index in [1.165, 1.54) is 0 Å². The van der Waals surface area contributed by atoms with Crippen molar-refractivity contribution in [3.8, 4) is 0 Å². The smallest absolute Gasteiger partial charge is 0.418 e. The van der Waals surface area contributed by atoms with Crippen LogP contribution in [0.5, 0.6) is 0 Å². The van der Waals surface area contributed by atoms with Gasteiger partial charge in [0.25, 0.3) is 0 Å². The van der Waals surface area contributed by atoms with Gasteiger partial charge in [0.05, 0.1) is 0 Å². The fraction of sp³-hybridized carbons (Fsp3) is 1.00. The third-order valence-corrected chi connectivity index (χ3v) is 2.95. The van der Waals surface area contributed by atoms with Crippen molar-refractivity contribution in [1.29, 1.82) is 0 Å².